The number of methoxy groups -OCH3 is 1. The highest BCUT2D eigenvalue weighted by Gasteiger charge is 2.20. The third-order valence-electron chi connectivity index (χ3n) is 4.47. The second-order valence-electron chi connectivity index (χ2n) is 6.68. The summed E-state index contributed by atoms with van der Waals surface area (Å²) in [6, 6.07) is 24.4. The maximum absolute atomic E-state index is 13.0. The molecule has 0 aliphatic heterocycles. The van der Waals surface area contributed by atoms with E-state index in [0.29, 0.717) is 24.6 Å². The molecule has 5 nitrogen and oxygen atoms in total. The number of rotatable bonds is 9. The van der Waals surface area contributed by atoms with Crippen molar-refractivity contribution in [2.75, 3.05) is 25.6 Å². The lowest BCUT2D eigenvalue weighted by Gasteiger charge is -2.19. The van der Waals surface area contributed by atoms with Crippen molar-refractivity contribution >= 4 is 11.6 Å². The standard InChI is InChI=1S/C24H26N2O3/c1-18-11-13-21(14-12-18)29-16-15-25-23(19-7-4-3-5-8-19)24(27)26-20-9-6-10-22(17-20)28-2/h3-14,17,23,25H,15-16H2,1-2H3,(H,26,27)/t23-/m1/s1. The zero-order chi connectivity index (χ0) is 20.5. The number of nitrogens with one attached hydrogen (secondary N) is 2. The molecule has 1 amide bonds. The highest BCUT2D eigenvalue weighted by molar-refractivity contribution is 5.95. The molecule has 1 atom stereocenters. The van der Waals surface area contributed by atoms with Gasteiger partial charge >= 0.3 is 0 Å². The lowest BCUT2D eigenvalue weighted by atomic mass is 10.1. The van der Waals surface area contributed by atoms with Gasteiger partial charge in [0.1, 0.15) is 24.1 Å². The van der Waals surface area contributed by atoms with Crippen LogP contribution in [0, 0.1) is 6.92 Å². The minimum Gasteiger partial charge on any atom is -0.497 e. The number of hydrogen-bond acceptors (Lipinski definition) is 4. The molecule has 0 spiro atoms. The molecule has 2 N–H and O–H groups in total. The molecule has 0 heterocycles. The molecule has 0 saturated heterocycles. The molecule has 3 aromatic rings. The van der Waals surface area contributed by atoms with E-state index in [1.54, 1.807) is 13.2 Å². The smallest absolute Gasteiger partial charge is 0.246 e. The third kappa shape index (κ3) is 6.09. The summed E-state index contributed by atoms with van der Waals surface area (Å²) in [6.07, 6.45) is 0. The van der Waals surface area contributed by atoms with Crippen molar-refractivity contribution in [1.29, 1.82) is 0 Å². The van der Waals surface area contributed by atoms with Gasteiger partial charge in [0.15, 0.2) is 0 Å². The maximum atomic E-state index is 13.0. The first-order valence-corrected chi connectivity index (χ1v) is 9.58. The lowest BCUT2D eigenvalue weighted by Crippen LogP contribution is -2.35. The average Bonchev–Trinajstić information content (AvgIpc) is 2.75. The maximum Gasteiger partial charge on any atom is 0.246 e. The molecular weight excluding hydrogens is 364 g/mol. The van der Waals surface area contributed by atoms with Gasteiger partial charge in [-0.25, -0.2) is 0 Å². The first-order chi connectivity index (χ1) is 14.2. The molecule has 150 valence electrons. The van der Waals surface area contributed by atoms with Crippen LogP contribution in [0.25, 0.3) is 0 Å². The van der Waals surface area contributed by atoms with Gasteiger partial charge in [-0.3, -0.25) is 10.1 Å². The summed E-state index contributed by atoms with van der Waals surface area (Å²) >= 11 is 0. The van der Waals surface area contributed by atoms with E-state index in [0.717, 1.165) is 11.3 Å². The Morgan fingerprint density at radius 2 is 1.69 bits per heavy atom. The van der Waals surface area contributed by atoms with E-state index in [1.807, 2.05) is 79.7 Å². The topological polar surface area (TPSA) is 59.6 Å². The molecule has 5 heteroatoms. The summed E-state index contributed by atoms with van der Waals surface area (Å²) < 4.78 is 11.0. The van der Waals surface area contributed by atoms with Crippen molar-refractivity contribution in [3.8, 4) is 11.5 Å². The monoisotopic (exact) mass is 390 g/mol. The van der Waals surface area contributed by atoms with Crippen LogP contribution in [0.3, 0.4) is 0 Å². The summed E-state index contributed by atoms with van der Waals surface area (Å²) in [7, 11) is 1.60. The Hall–Kier alpha value is -3.31. The van der Waals surface area contributed by atoms with Gasteiger partial charge in [-0.15, -0.1) is 0 Å². The summed E-state index contributed by atoms with van der Waals surface area (Å²) in [5.41, 5.74) is 2.77. The van der Waals surface area contributed by atoms with Crippen LogP contribution in [0.2, 0.25) is 0 Å². The van der Waals surface area contributed by atoms with E-state index in [4.69, 9.17) is 9.47 Å². The van der Waals surface area contributed by atoms with Crippen molar-refractivity contribution in [3.05, 3.63) is 90.0 Å². The molecule has 0 bridgehead atoms. The van der Waals surface area contributed by atoms with Crippen molar-refractivity contribution in [1.82, 2.24) is 5.32 Å². The van der Waals surface area contributed by atoms with Gasteiger partial charge in [-0.2, -0.15) is 0 Å². The number of carbonyl (C=O) groups is 1. The number of carbonyl (C=O) groups excluding carboxylic acids is 1. The summed E-state index contributed by atoms with van der Waals surface area (Å²) in [5.74, 6) is 1.37. The number of hydrogen-bond donors (Lipinski definition) is 2. The average molecular weight is 390 g/mol. The lowest BCUT2D eigenvalue weighted by molar-refractivity contribution is -0.118. The minimum atomic E-state index is -0.496. The van der Waals surface area contributed by atoms with E-state index in [1.165, 1.54) is 5.56 Å². The molecule has 0 aliphatic rings. The number of anilines is 1. The Balaban J connectivity index is 1.62. The normalized spacial score (nSPS) is 11.5. The number of amides is 1. The summed E-state index contributed by atoms with van der Waals surface area (Å²) in [6.45, 7) is 3.02. The van der Waals surface area contributed by atoms with E-state index in [2.05, 4.69) is 10.6 Å². The van der Waals surface area contributed by atoms with Gasteiger partial charge in [0.2, 0.25) is 5.91 Å². The van der Waals surface area contributed by atoms with E-state index >= 15 is 0 Å². The predicted molar refractivity (Wildman–Crippen MR) is 115 cm³/mol. The summed E-state index contributed by atoms with van der Waals surface area (Å²) in [4.78, 5) is 13.0. The fourth-order valence-corrected chi connectivity index (χ4v) is 2.93. The molecule has 0 radical (unpaired) electrons. The molecule has 0 fully saturated rings. The third-order valence-corrected chi connectivity index (χ3v) is 4.47. The van der Waals surface area contributed by atoms with Crippen LogP contribution >= 0.6 is 0 Å². The second-order valence-corrected chi connectivity index (χ2v) is 6.68. The van der Waals surface area contributed by atoms with Gasteiger partial charge in [0, 0.05) is 18.3 Å². The number of benzene rings is 3. The van der Waals surface area contributed by atoms with Crippen molar-refractivity contribution in [3.63, 3.8) is 0 Å². The Kier molecular flexibility index (Phi) is 7.25. The van der Waals surface area contributed by atoms with Crippen LogP contribution in [-0.4, -0.2) is 26.2 Å². The molecule has 29 heavy (non-hydrogen) atoms. The molecule has 3 aromatic carbocycles. The quantitative estimate of drug-likeness (QED) is 0.533. The second kappa shape index (κ2) is 10.3. The molecule has 0 unspecified atom stereocenters. The predicted octanol–water partition coefficient (Wildman–Crippen LogP) is 4.35. The van der Waals surface area contributed by atoms with E-state index < -0.39 is 6.04 Å². The first-order valence-electron chi connectivity index (χ1n) is 9.58. The first kappa shape index (κ1) is 20.4. The number of aryl methyl sites for hydroxylation is 1. The van der Waals surface area contributed by atoms with Crippen LogP contribution in [0.5, 0.6) is 11.5 Å². The highest BCUT2D eigenvalue weighted by Crippen LogP contribution is 2.20. The molecule has 0 saturated carbocycles. The van der Waals surface area contributed by atoms with E-state index in [-0.39, 0.29) is 5.91 Å². The Labute approximate surface area is 171 Å². The zero-order valence-corrected chi connectivity index (χ0v) is 16.7. The molecular formula is C24H26N2O3. The van der Waals surface area contributed by atoms with Crippen LogP contribution in [-0.2, 0) is 4.79 Å². The highest BCUT2D eigenvalue weighted by atomic mass is 16.5. The Morgan fingerprint density at radius 3 is 2.41 bits per heavy atom. The van der Waals surface area contributed by atoms with Crippen LogP contribution < -0.4 is 20.1 Å². The zero-order valence-electron chi connectivity index (χ0n) is 16.7. The van der Waals surface area contributed by atoms with Crippen molar-refractivity contribution in [2.45, 2.75) is 13.0 Å². The minimum absolute atomic E-state index is 0.139. The van der Waals surface area contributed by atoms with Gasteiger partial charge in [-0.05, 0) is 36.8 Å². The fraction of sp³-hybridized carbons (Fsp3) is 0.208. The van der Waals surface area contributed by atoms with Crippen LogP contribution in [0.4, 0.5) is 5.69 Å². The van der Waals surface area contributed by atoms with Crippen molar-refractivity contribution < 1.29 is 14.3 Å². The SMILES string of the molecule is COc1cccc(NC(=O)[C@H](NCCOc2ccc(C)cc2)c2ccccc2)c1. The van der Waals surface area contributed by atoms with Gasteiger partial charge in [-0.1, -0.05) is 54.1 Å². The molecule has 0 aromatic heterocycles. The molecule has 0 aliphatic carbocycles. The van der Waals surface area contributed by atoms with Crippen LogP contribution in [0.15, 0.2) is 78.9 Å². The Bertz CT molecular complexity index is 911. The van der Waals surface area contributed by atoms with Crippen LogP contribution in [0.1, 0.15) is 17.2 Å². The number of ether oxygens (including phenoxy) is 2. The fourth-order valence-electron chi connectivity index (χ4n) is 2.93. The van der Waals surface area contributed by atoms with Gasteiger partial charge in [0.05, 0.1) is 7.11 Å². The van der Waals surface area contributed by atoms with Gasteiger partial charge in [0.25, 0.3) is 0 Å². The van der Waals surface area contributed by atoms with Crippen molar-refractivity contribution in [2.24, 2.45) is 0 Å². The Morgan fingerprint density at radius 1 is 0.931 bits per heavy atom. The van der Waals surface area contributed by atoms with Gasteiger partial charge < -0.3 is 14.8 Å². The summed E-state index contributed by atoms with van der Waals surface area (Å²) in [5, 5.41) is 6.26. The largest absolute Gasteiger partial charge is 0.497 e. The van der Waals surface area contributed by atoms with E-state index in [9.17, 15) is 4.79 Å². The molecule has 3 rings (SSSR count).